The molecule has 57 heavy (non-hydrogen) atoms. The molecule has 0 N–H and O–H groups in total. The van der Waals surface area contributed by atoms with Crippen LogP contribution in [0.3, 0.4) is 0 Å². The molecule has 0 spiro atoms. The van der Waals surface area contributed by atoms with Crippen LogP contribution in [0.15, 0.2) is 186 Å². The molecule has 0 amide bonds. The maximum Gasteiger partial charge on any atom is 0.162 e. The average Bonchev–Trinajstić information content (AvgIpc) is 3.93. The second kappa shape index (κ2) is 11.4. The Morgan fingerprint density at radius 3 is 1.89 bits per heavy atom. The van der Waals surface area contributed by atoms with E-state index in [0.717, 1.165) is 71.7 Å². The molecule has 0 fully saturated rings. The van der Waals surface area contributed by atoms with E-state index in [0.29, 0.717) is 5.82 Å². The van der Waals surface area contributed by atoms with Crippen molar-refractivity contribution >= 4 is 98.0 Å². The Balaban J connectivity index is 1.19. The third-order valence-electron chi connectivity index (χ3n) is 11.9. The van der Waals surface area contributed by atoms with Crippen molar-refractivity contribution in [3.8, 4) is 22.9 Å². The monoisotopic (exact) mass is 726 g/mol. The summed E-state index contributed by atoms with van der Waals surface area (Å²) in [5.74, 6) is 1.50. The summed E-state index contributed by atoms with van der Waals surface area (Å²) in [6.07, 6.45) is 0. The van der Waals surface area contributed by atoms with Crippen LogP contribution < -0.4 is 0 Å². The van der Waals surface area contributed by atoms with Crippen molar-refractivity contribution in [3.05, 3.63) is 182 Å². The highest BCUT2D eigenvalue weighted by atomic mass is 16.3. The fourth-order valence-electron chi connectivity index (χ4n) is 9.41. The topological polar surface area (TPSA) is 48.8 Å². The largest absolute Gasteiger partial charge is 0.456 e. The van der Waals surface area contributed by atoms with Crippen molar-refractivity contribution in [1.82, 2.24) is 19.1 Å². The molecule has 5 heteroatoms. The van der Waals surface area contributed by atoms with Crippen molar-refractivity contribution < 1.29 is 4.42 Å². The number of hydrogen-bond donors (Lipinski definition) is 0. The molecule has 0 unspecified atom stereocenters. The molecule has 13 aromatic rings. The van der Waals surface area contributed by atoms with Crippen molar-refractivity contribution in [2.45, 2.75) is 0 Å². The normalized spacial score (nSPS) is 12.2. The van der Waals surface area contributed by atoms with Gasteiger partial charge in [0.2, 0.25) is 0 Å². The summed E-state index contributed by atoms with van der Waals surface area (Å²) in [6, 6.07) is 64.9. The molecule has 0 aliphatic carbocycles. The summed E-state index contributed by atoms with van der Waals surface area (Å²) in [5, 5.41) is 12.7. The summed E-state index contributed by atoms with van der Waals surface area (Å²) >= 11 is 0. The van der Waals surface area contributed by atoms with Crippen LogP contribution in [0.25, 0.3) is 121 Å². The summed E-state index contributed by atoms with van der Waals surface area (Å²) in [6.45, 7) is 0. The lowest BCUT2D eigenvalue weighted by Crippen LogP contribution is -2.03. The molecule has 0 bridgehead atoms. The maximum atomic E-state index is 6.20. The predicted octanol–water partition coefficient (Wildman–Crippen LogP) is 13.7. The van der Waals surface area contributed by atoms with Gasteiger partial charge in [0.15, 0.2) is 5.82 Å². The van der Waals surface area contributed by atoms with E-state index in [1.54, 1.807) is 0 Å². The highest BCUT2D eigenvalue weighted by Gasteiger charge is 2.25. The summed E-state index contributed by atoms with van der Waals surface area (Å²) in [4.78, 5) is 10.7. The number of furan rings is 1. The third-order valence-corrected chi connectivity index (χ3v) is 11.9. The fraction of sp³-hybridized carbons (Fsp3) is 0. The lowest BCUT2D eigenvalue weighted by molar-refractivity contribution is 0.669. The van der Waals surface area contributed by atoms with Crippen LogP contribution >= 0.6 is 0 Å². The molecule has 5 nitrogen and oxygen atoms in total. The number of rotatable bonds is 3. The van der Waals surface area contributed by atoms with E-state index < -0.39 is 0 Å². The second-order valence-electron chi connectivity index (χ2n) is 14.9. The molecule has 0 aliphatic rings. The quantitative estimate of drug-likeness (QED) is 0.182. The van der Waals surface area contributed by atoms with E-state index in [9.17, 15) is 0 Å². The molecule has 9 aromatic carbocycles. The molecule has 0 saturated carbocycles. The van der Waals surface area contributed by atoms with Gasteiger partial charge in [-0.05, 0) is 65.4 Å². The zero-order valence-corrected chi connectivity index (χ0v) is 30.5. The molecule has 0 saturated heterocycles. The molecular weight excluding hydrogens is 697 g/mol. The van der Waals surface area contributed by atoms with Crippen molar-refractivity contribution in [2.75, 3.05) is 0 Å². The van der Waals surface area contributed by atoms with Crippen molar-refractivity contribution in [1.29, 1.82) is 0 Å². The number of aromatic nitrogens is 4. The zero-order valence-electron chi connectivity index (χ0n) is 30.5. The second-order valence-corrected chi connectivity index (χ2v) is 14.9. The Labute approximate surface area is 325 Å². The van der Waals surface area contributed by atoms with Crippen LogP contribution in [0.1, 0.15) is 0 Å². The Hall–Kier alpha value is -7.76. The van der Waals surface area contributed by atoms with E-state index in [2.05, 4.69) is 173 Å². The highest BCUT2D eigenvalue weighted by molar-refractivity contribution is 6.25. The first-order valence-corrected chi connectivity index (χ1v) is 19.3. The molecule has 0 atom stereocenters. The van der Waals surface area contributed by atoms with Crippen LogP contribution in [0, 0.1) is 0 Å². The molecule has 0 aliphatic heterocycles. The summed E-state index contributed by atoms with van der Waals surface area (Å²) < 4.78 is 11.1. The molecule has 0 radical (unpaired) electrons. The molecule has 13 rings (SSSR count). The Morgan fingerprint density at radius 1 is 0.386 bits per heavy atom. The van der Waals surface area contributed by atoms with Gasteiger partial charge in [0.25, 0.3) is 0 Å². The van der Waals surface area contributed by atoms with Crippen molar-refractivity contribution in [2.24, 2.45) is 0 Å². The predicted molar refractivity (Wildman–Crippen MR) is 236 cm³/mol. The SMILES string of the molecule is c1ccc2c(-n3c4ccccc4c4ccc5ccccc5c43)c3c4ccccc4n(-c4nc(-c5ccc6oc7ccccc7c6c5)nc5ccccc45)c3cc2c1. The van der Waals surface area contributed by atoms with E-state index in [1.165, 1.54) is 43.4 Å². The van der Waals surface area contributed by atoms with Crippen LogP contribution in [0.2, 0.25) is 0 Å². The van der Waals surface area contributed by atoms with Gasteiger partial charge < -0.3 is 8.98 Å². The maximum absolute atomic E-state index is 6.20. The van der Waals surface area contributed by atoms with Crippen LogP contribution in [0.5, 0.6) is 0 Å². The lowest BCUT2D eigenvalue weighted by atomic mass is 10.0. The minimum atomic E-state index is 0.664. The first-order valence-electron chi connectivity index (χ1n) is 19.3. The average molecular weight is 727 g/mol. The Kier molecular flexibility index (Phi) is 6.10. The van der Waals surface area contributed by atoms with Crippen LogP contribution in [-0.4, -0.2) is 19.1 Å². The molecular formula is C52H30N4O. The number of nitrogens with zero attached hydrogens (tertiary/aromatic N) is 4. The van der Waals surface area contributed by atoms with E-state index in [-0.39, 0.29) is 0 Å². The fourth-order valence-corrected chi connectivity index (χ4v) is 9.41. The minimum absolute atomic E-state index is 0.664. The number of benzene rings is 9. The molecule has 4 heterocycles. The third kappa shape index (κ3) is 4.23. The highest BCUT2D eigenvalue weighted by Crippen LogP contribution is 2.45. The van der Waals surface area contributed by atoms with E-state index in [4.69, 9.17) is 14.4 Å². The minimum Gasteiger partial charge on any atom is -0.456 e. The first-order chi connectivity index (χ1) is 28.3. The van der Waals surface area contributed by atoms with Gasteiger partial charge in [-0.25, -0.2) is 9.97 Å². The Morgan fingerprint density at radius 2 is 1.04 bits per heavy atom. The van der Waals surface area contributed by atoms with Gasteiger partial charge in [-0.2, -0.15) is 0 Å². The van der Waals surface area contributed by atoms with Crippen molar-refractivity contribution in [3.63, 3.8) is 0 Å². The lowest BCUT2D eigenvalue weighted by Gasteiger charge is -2.16. The number of para-hydroxylation sites is 4. The summed E-state index contributed by atoms with van der Waals surface area (Å²) in [5.41, 5.74) is 9.26. The number of hydrogen-bond acceptors (Lipinski definition) is 3. The standard InChI is InChI=1S/C52H30N4O/c1-3-15-34-31(13-1)25-27-38-36-17-6-10-22-43(36)56(49(34)38)50-35-16-4-2-14-32(35)30-45-48(50)40-20-7-11-23-44(40)55(45)52-39-19-5-9-21-42(39)53-51(54-52)33-26-28-47-41(29-33)37-18-8-12-24-46(37)57-47/h1-30H. The Bertz CT molecular complexity index is 3830. The van der Waals surface area contributed by atoms with Crippen LogP contribution in [-0.2, 0) is 0 Å². The first kappa shape index (κ1) is 30.6. The van der Waals surface area contributed by atoms with Crippen LogP contribution in [0.4, 0.5) is 0 Å². The van der Waals surface area contributed by atoms with Gasteiger partial charge in [-0.1, -0.05) is 127 Å². The molecule has 4 aromatic heterocycles. The van der Waals surface area contributed by atoms with E-state index >= 15 is 0 Å². The van der Waals surface area contributed by atoms with Gasteiger partial charge in [0.05, 0.1) is 33.3 Å². The summed E-state index contributed by atoms with van der Waals surface area (Å²) in [7, 11) is 0. The smallest absolute Gasteiger partial charge is 0.162 e. The van der Waals surface area contributed by atoms with Gasteiger partial charge in [0.1, 0.15) is 17.0 Å². The van der Waals surface area contributed by atoms with Gasteiger partial charge in [-0.3, -0.25) is 4.57 Å². The van der Waals surface area contributed by atoms with Gasteiger partial charge in [0, 0.05) is 54.0 Å². The van der Waals surface area contributed by atoms with Gasteiger partial charge >= 0.3 is 0 Å². The zero-order chi connectivity index (χ0) is 37.2. The van der Waals surface area contributed by atoms with Gasteiger partial charge in [-0.15, -0.1) is 0 Å². The number of fused-ring (bicyclic) bond motifs is 13. The molecule has 264 valence electrons. The van der Waals surface area contributed by atoms with E-state index in [1.807, 2.05) is 18.2 Å².